The normalized spacial score (nSPS) is 23.6. The molecular weight excluding hydrogens is 250 g/mol. The highest BCUT2D eigenvalue weighted by atomic mass is 16.5. The van der Waals surface area contributed by atoms with E-state index < -0.39 is 0 Å². The summed E-state index contributed by atoms with van der Waals surface area (Å²) < 4.78 is 5.33. The Balaban J connectivity index is 1.97. The average molecular weight is 271 g/mol. The van der Waals surface area contributed by atoms with Gasteiger partial charge in [0.15, 0.2) is 5.95 Å². The summed E-state index contributed by atoms with van der Waals surface area (Å²) in [6, 6.07) is 8.31. The molecule has 3 rings (SSSR count). The number of benzene rings is 1. The van der Waals surface area contributed by atoms with E-state index in [0.29, 0.717) is 17.8 Å². The lowest BCUT2D eigenvalue weighted by molar-refractivity contribution is 0.414. The van der Waals surface area contributed by atoms with Crippen LogP contribution in [0.1, 0.15) is 42.6 Å². The summed E-state index contributed by atoms with van der Waals surface area (Å²) in [6.45, 7) is 6.61. The van der Waals surface area contributed by atoms with Gasteiger partial charge in [0.25, 0.3) is 0 Å². The molecule has 0 saturated heterocycles. The van der Waals surface area contributed by atoms with E-state index in [1.54, 1.807) is 7.11 Å². The Morgan fingerprint density at radius 3 is 2.65 bits per heavy atom. The van der Waals surface area contributed by atoms with E-state index in [1.807, 2.05) is 19.1 Å². The topological polar surface area (TPSA) is 63.9 Å². The summed E-state index contributed by atoms with van der Waals surface area (Å²) in [4.78, 5) is 7.58. The zero-order valence-electron chi connectivity index (χ0n) is 12.4. The van der Waals surface area contributed by atoms with Gasteiger partial charge in [0.05, 0.1) is 12.8 Å². The lowest BCUT2D eigenvalue weighted by Crippen LogP contribution is -1.92. The summed E-state index contributed by atoms with van der Waals surface area (Å²) in [5.41, 5.74) is 9.45. The van der Waals surface area contributed by atoms with Crippen molar-refractivity contribution in [1.29, 1.82) is 0 Å². The van der Waals surface area contributed by atoms with E-state index in [4.69, 9.17) is 10.5 Å². The molecule has 1 aliphatic rings. The first-order valence-corrected chi connectivity index (χ1v) is 6.91. The van der Waals surface area contributed by atoms with Crippen LogP contribution in [-0.4, -0.2) is 17.1 Å². The lowest BCUT2D eigenvalue weighted by Gasteiger charge is -2.05. The first kappa shape index (κ1) is 13.0. The largest absolute Gasteiger partial charge is 0.497 e. The van der Waals surface area contributed by atoms with Crippen molar-refractivity contribution in [2.75, 3.05) is 12.8 Å². The van der Waals surface area contributed by atoms with Crippen LogP contribution in [0.25, 0.3) is 0 Å². The molecule has 0 bridgehead atoms. The first-order valence-electron chi connectivity index (χ1n) is 6.91. The fourth-order valence-corrected chi connectivity index (χ4v) is 3.41. The molecule has 2 aromatic rings. The Bertz CT molecular complexity index is 645. The van der Waals surface area contributed by atoms with Gasteiger partial charge >= 0.3 is 0 Å². The smallest absolute Gasteiger partial charge is 0.197 e. The molecule has 3 N–H and O–H groups in total. The highest BCUT2D eigenvalue weighted by Crippen LogP contribution is 2.70. The van der Waals surface area contributed by atoms with Crippen molar-refractivity contribution >= 4 is 5.95 Å². The maximum absolute atomic E-state index is 5.78. The van der Waals surface area contributed by atoms with Gasteiger partial charge in [-0.2, -0.15) is 0 Å². The van der Waals surface area contributed by atoms with Crippen LogP contribution in [0.3, 0.4) is 0 Å². The van der Waals surface area contributed by atoms with Gasteiger partial charge < -0.3 is 15.5 Å². The molecule has 0 aliphatic heterocycles. The van der Waals surface area contributed by atoms with Crippen LogP contribution < -0.4 is 10.5 Å². The number of imidazole rings is 1. The van der Waals surface area contributed by atoms with Gasteiger partial charge in [0, 0.05) is 11.6 Å². The number of hydrogen-bond donors (Lipinski definition) is 2. The number of aryl methyl sites for hydroxylation is 1. The molecule has 1 aromatic carbocycles. The van der Waals surface area contributed by atoms with E-state index in [2.05, 4.69) is 35.9 Å². The number of nitrogens with zero attached hydrogens (tertiary/aromatic N) is 1. The fourth-order valence-electron chi connectivity index (χ4n) is 3.41. The number of hydrogen-bond acceptors (Lipinski definition) is 3. The van der Waals surface area contributed by atoms with Gasteiger partial charge in [-0.25, -0.2) is 4.98 Å². The van der Waals surface area contributed by atoms with Crippen molar-refractivity contribution in [3.05, 3.63) is 41.2 Å². The number of nitrogens with one attached hydrogen (secondary N) is 1. The number of nitrogens with two attached hydrogens (primary N) is 1. The zero-order chi connectivity index (χ0) is 14.5. The predicted octanol–water partition coefficient (Wildman–Crippen LogP) is 3.22. The van der Waals surface area contributed by atoms with E-state index in [1.165, 1.54) is 5.56 Å². The third kappa shape index (κ3) is 1.87. The van der Waals surface area contributed by atoms with Crippen LogP contribution in [0.4, 0.5) is 5.95 Å². The van der Waals surface area contributed by atoms with Crippen LogP contribution in [0.2, 0.25) is 0 Å². The number of rotatable bonds is 3. The summed E-state index contributed by atoms with van der Waals surface area (Å²) in [6.07, 6.45) is 0. The van der Waals surface area contributed by atoms with Crippen molar-refractivity contribution in [3.63, 3.8) is 0 Å². The monoisotopic (exact) mass is 271 g/mol. The Labute approximate surface area is 119 Å². The molecule has 1 aliphatic carbocycles. The molecule has 2 atom stereocenters. The van der Waals surface area contributed by atoms with Crippen LogP contribution >= 0.6 is 0 Å². The van der Waals surface area contributed by atoms with E-state index in [0.717, 1.165) is 17.1 Å². The second kappa shape index (κ2) is 4.27. The van der Waals surface area contributed by atoms with Crippen molar-refractivity contribution in [2.24, 2.45) is 5.41 Å². The number of ether oxygens (including phenoxy) is 1. The molecule has 0 radical (unpaired) electrons. The van der Waals surface area contributed by atoms with Gasteiger partial charge in [-0.15, -0.1) is 0 Å². The molecule has 1 heterocycles. The predicted molar refractivity (Wildman–Crippen MR) is 80.0 cm³/mol. The molecule has 1 saturated carbocycles. The number of H-pyrrole nitrogens is 1. The highest BCUT2D eigenvalue weighted by Gasteiger charge is 2.60. The van der Waals surface area contributed by atoms with Crippen LogP contribution in [0, 0.1) is 12.3 Å². The third-order valence-electron chi connectivity index (χ3n) is 4.52. The van der Waals surface area contributed by atoms with Gasteiger partial charge in [0.2, 0.25) is 0 Å². The summed E-state index contributed by atoms with van der Waals surface area (Å²) in [7, 11) is 1.70. The van der Waals surface area contributed by atoms with Gasteiger partial charge in [-0.1, -0.05) is 26.0 Å². The van der Waals surface area contributed by atoms with Crippen LogP contribution in [0.5, 0.6) is 5.75 Å². The second-order valence-corrected chi connectivity index (χ2v) is 6.19. The minimum Gasteiger partial charge on any atom is -0.497 e. The molecule has 20 heavy (non-hydrogen) atoms. The van der Waals surface area contributed by atoms with Crippen molar-refractivity contribution in [2.45, 2.75) is 32.6 Å². The Morgan fingerprint density at radius 2 is 2.05 bits per heavy atom. The van der Waals surface area contributed by atoms with Gasteiger partial charge in [-0.05, 0) is 36.0 Å². The van der Waals surface area contributed by atoms with Crippen LogP contribution in [0.15, 0.2) is 24.3 Å². The lowest BCUT2D eigenvalue weighted by atomic mass is 10.0. The number of methoxy groups -OCH3 is 1. The van der Waals surface area contributed by atoms with Crippen molar-refractivity contribution < 1.29 is 4.74 Å². The molecule has 0 amide bonds. The Kier molecular flexibility index (Phi) is 2.78. The number of aromatic nitrogens is 2. The van der Waals surface area contributed by atoms with Crippen molar-refractivity contribution in [1.82, 2.24) is 9.97 Å². The van der Waals surface area contributed by atoms with E-state index in [9.17, 15) is 0 Å². The molecule has 4 heteroatoms. The zero-order valence-corrected chi connectivity index (χ0v) is 12.4. The van der Waals surface area contributed by atoms with Gasteiger partial charge in [-0.3, -0.25) is 0 Å². The molecule has 106 valence electrons. The minimum absolute atomic E-state index is 0.193. The average Bonchev–Trinajstić information content (AvgIpc) is 2.81. The molecular formula is C16H21N3O. The fraction of sp³-hybridized carbons (Fsp3) is 0.438. The number of nitrogen functional groups attached to an aromatic ring is 1. The minimum atomic E-state index is 0.193. The molecule has 2 unspecified atom stereocenters. The maximum atomic E-state index is 5.78. The second-order valence-electron chi connectivity index (χ2n) is 6.19. The molecule has 1 aromatic heterocycles. The molecule has 0 spiro atoms. The van der Waals surface area contributed by atoms with Crippen molar-refractivity contribution in [3.8, 4) is 5.75 Å². The summed E-state index contributed by atoms with van der Waals surface area (Å²) >= 11 is 0. The van der Waals surface area contributed by atoms with Gasteiger partial charge in [0.1, 0.15) is 5.75 Å². The van der Waals surface area contributed by atoms with E-state index >= 15 is 0 Å². The van der Waals surface area contributed by atoms with Crippen LogP contribution in [-0.2, 0) is 0 Å². The summed E-state index contributed by atoms with van der Waals surface area (Å²) in [5.74, 6) is 2.27. The SMILES string of the molecule is COc1cccc(C2C(c3nc(N)[nH]c3C)C2(C)C)c1. The van der Waals surface area contributed by atoms with E-state index in [-0.39, 0.29) is 5.41 Å². The maximum Gasteiger partial charge on any atom is 0.197 e. The Hall–Kier alpha value is -1.97. The summed E-state index contributed by atoms with van der Waals surface area (Å²) in [5, 5.41) is 0. The number of anilines is 1. The molecule has 1 fully saturated rings. The number of aromatic amines is 1. The third-order valence-corrected chi connectivity index (χ3v) is 4.52. The molecule has 4 nitrogen and oxygen atoms in total. The standard InChI is InChI=1S/C16H21N3O/c1-9-14(19-15(17)18-9)13-12(16(13,2)3)10-6-5-7-11(8-10)20-4/h5-8,12-13H,1-4H3,(H3,17,18,19). The first-order chi connectivity index (χ1) is 9.45. The highest BCUT2D eigenvalue weighted by molar-refractivity contribution is 5.45. The Morgan fingerprint density at radius 1 is 1.30 bits per heavy atom. The quantitative estimate of drug-likeness (QED) is 0.901.